The van der Waals surface area contributed by atoms with Gasteiger partial charge in [-0.25, -0.2) is 0 Å². The summed E-state index contributed by atoms with van der Waals surface area (Å²) in [5, 5.41) is 18.2. The Labute approximate surface area is 184 Å². The molecule has 0 fully saturated rings. The summed E-state index contributed by atoms with van der Waals surface area (Å²) in [6, 6.07) is 12.9. The third-order valence-corrected chi connectivity index (χ3v) is 5.20. The molecule has 31 heavy (non-hydrogen) atoms. The zero-order valence-corrected chi connectivity index (χ0v) is 17.9. The number of aromatic nitrogens is 3. The number of nitrogens with zero attached hydrogens (tertiary/aromatic N) is 3. The summed E-state index contributed by atoms with van der Waals surface area (Å²) < 4.78 is 6.79. The van der Waals surface area contributed by atoms with Crippen molar-refractivity contribution < 1.29 is 19.5 Å². The Morgan fingerprint density at radius 1 is 1.26 bits per heavy atom. The molecule has 158 valence electrons. The molecule has 1 amide bonds. The van der Waals surface area contributed by atoms with Gasteiger partial charge in [0.2, 0.25) is 12.4 Å². The summed E-state index contributed by atoms with van der Waals surface area (Å²) in [4.78, 5) is 14.7. The van der Waals surface area contributed by atoms with Crippen molar-refractivity contribution in [1.29, 1.82) is 0 Å². The third-order valence-electron chi connectivity index (χ3n) is 4.97. The van der Waals surface area contributed by atoms with Crippen LogP contribution in [-0.2, 0) is 6.54 Å². The molecule has 2 aromatic heterocycles. The van der Waals surface area contributed by atoms with Gasteiger partial charge >= 0.3 is 0 Å². The Morgan fingerprint density at radius 2 is 2.10 bits per heavy atom. The Kier molecular flexibility index (Phi) is 5.77. The standard InChI is InChI=1S/C23H21ClN4O3/c1-3-31-21-10-16(7-8-20(21)15-5-4-6-19(24)9-15)23(29)27(2)12-18-14-28(30)13-17-11-25-26-22(17)18/h4-11,13-14,30H,3,12H2,1-2H3/p+1. The molecule has 0 aliphatic carbocycles. The zero-order valence-electron chi connectivity index (χ0n) is 17.2. The fourth-order valence-electron chi connectivity index (χ4n) is 3.55. The summed E-state index contributed by atoms with van der Waals surface area (Å²) in [6.07, 6.45) is 4.72. The summed E-state index contributed by atoms with van der Waals surface area (Å²) >= 11 is 6.14. The van der Waals surface area contributed by atoms with E-state index in [0.717, 1.165) is 32.3 Å². The summed E-state index contributed by atoms with van der Waals surface area (Å²) in [5.74, 6) is 0.451. The lowest BCUT2D eigenvalue weighted by atomic mass is 10.0. The molecule has 8 heteroatoms. The first-order chi connectivity index (χ1) is 15.0. The number of hydrogen-bond donors (Lipinski definition) is 2. The van der Waals surface area contributed by atoms with Crippen molar-refractivity contribution in [3.63, 3.8) is 0 Å². The van der Waals surface area contributed by atoms with E-state index in [1.54, 1.807) is 42.7 Å². The Morgan fingerprint density at radius 3 is 2.87 bits per heavy atom. The zero-order chi connectivity index (χ0) is 22.0. The lowest BCUT2D eigenvalue weighted by molar-refractivity contribution is -0.904. The highest BCUT2D eigenvalue weighted by molar-refractivity contribution is 6.30. The van der Waals surface area contributed by atoms with Gasteiger partial charge in [0, 0.05) is 27.9 Å². The van der Waals surface area contributed by atoms with Crippen LogP contribution in [0.15, 0.2) is 61.1 Å². The number of carbonyl (C=O) groups excluding carboxylic acids is 1. The third kappa shape index (κ3) is 4.32. The van der Waals surface area contributed by atoms with Gasteiger partial charge in [-0.05, 0) is 42.8 Å². The second-order valence-electron chi connectivity index (χ2n) is 7.18. The van der Waals surface area contributed by atoms with Crippen molar-refractivity contribution >= 4 is 28.4 Å². The Balaban J connectivity index is 1.63. The van der Waals surface area contributed by atoms with E-state index in [9.17, 15) is 10.0 Å². The molecule has 0 aliphatic heterocycles. The van der Waals surface area contributed by atoms with Crippen LogP contribution in [0.5, 0.6) is 5.75 Å². The topological polar surface area (TPSA) is 82.3 Å². The molecule has 0 atom stereocenters. The molecule has 7 nitrogen and oxygen atoms in total. The first kappa shape index (κ1) is 20.7. The minimum absolute atomic E-state index is 0.167. The second kappa shape index (κ2) is 8.65. The van der Waals surface area contributed by atoms with Crippen LogP contribution in [0.4, 0.5) is 0 Å². The van der Waals surface area contributed by atoms with Crippen molar-refractivity contribution in [3.8, 4) is 16.9 Å². The number of benzene rings is 2. The molecule has 4 aromatic rings. The lowest BCUT2D eigenvalue weighted by Crippen LogP contribution is -2.32. The van der Waals surface area contributed by atoms with Crippen LogP contribution in [0, 0.1) is 0 Å². The quantitative estimate of drug-likeness (QED) is 0.352. The van der Waals surface area contributed by atoms with E-state index in [2.05, 4.69) is 10.2 Å². The molecule has 0 spiro atoms. The minimum atomic E-state index is -0.167. The lowest BCUT2D eigenvalue weighted by Gasteiger charge is -2.18. The van der Waals surface area contributed by atoms with E-state index in [4.69, 9.17) is 16.3 Å². The number of aromatic amines is 1. The highest BCUT2D eigenvalue weighted by Crippen LogP contribution is 2.33. The van der Waals surface area contributed by atoms with Crippen LogP contribution < -0.4 is 9.47 Å². The molecule has 0 bridgehead atoms. The summed E-state index contributed by atoms with van der Waals surface area (Å²) in [6.45, 7) is 2.66. The fraction of sp³-hybridized carbons (Fsp3) is 0.174. The van der Waals surface area contributed by atoms with Crippen molar-refractivity contribution in [1.82, 2.24) is 15.1 Å². The maximum atomic E-state index is 13.1. The molecular formula is C23H22ClN4O3+. The minimum Gasteiger partial charge on any atom is -0.493 e. The van der Waals surface area contributed by atoms with Crippen LogP contribution in [0.3, 0.4) is 0 Å². The van der Waals surface area contributed by atoms with Gasteiger partial charge in [-0.2, -0.15) is 5.10 Å². The van der Waals surface area contributed by atoms with E-state index in [-0.39, 0.29) is 5.91 Å². The normalized spacial score (nSPS) is 10.9. The fourth-order valence-corrected chi connectivity index (χ4v) is 3.74. The van der Waals surface area contributed by atoms with E-state index >= 15 is 0 Å². The molecule has 2 aromatic carbocycles. The van der Waals surface area contributed by atoms with Gasteiger partial charge in [0.05, 0.1) is 35.8 Å². The SMILES string of the molecule is CCOc1cc(C(=O)N(C)Cc2c[n+](O)cc3cn[nH]c23)ccc1-c1cccc(Cl)c1. The molecule has 0 saturated heterocycles. The van der Waals surface area contributed by atoms with Crippen molar-refractivity contribution in [2.75, 3.05) is 13.7 Å². The number of pyridine rings is 1. The number of amides is 1. The van der Waals surface area contributed by atoms with Crippen molar-refractivity contribution in [3.05, 3.63) is 77.2 Å². The number of carbonyl (C=O) groups is 1. The number of halogens is 1. The molecular weight excluding hydrogens is 416 g/mol. The monoisotopic (exact) mass is 437 g/mol. The van der Waals surface area contributed by atoms with Gasteiger partial charge < -0.3 is 9.64 Å². The van der Waals surface area contributed by atoms with Crippen LogP contribution in [0.2, 0.25) is 5.02 Å². The van der Waals surface area contributed by atoms with Crippen LogP contribution >= 0.6 is 11.6 Å². The highest BCUT2D eigenvalue weighted by Gasteiger charge is 2.19. The van der Waals surface area contributed by atoms with Crippen LogP contribution in [0.25, 0.3) is 22.0 Å². The maximum Gasteiger partial charge on any atom is 0.254 e. The van der Waals surface area contributed by atoms with Gasteiger partial charge in [-0.1, -0.05) is 23.7 Å². The van der Waals surface area contributed by atoms with Crippen molar-refractivity contribution in [2.24, 2.45) is 0 Å². The smallest absolute Gasteiger partial charge is 0.254 e. The average molecular weight is 438 g/mol. The van der Waals surface area contributed by atoms with Gasteiger partial charge in [0.1, 0.15) is 5.75 Å². The molecule has 0 saturated carbocycles. The Hall–Kier alpha value is -3.58. The largest absolute Gasteiger partial charge is 0.493 e. The summed E-state index contributed by atoms with van der Waals surface area (Å²) in [5.41, 5.74) is 3.81. The molecule has 0 radical (unpaired) electrons. The van der Waals surface area contributed by atoms with Crippen molar-refractivity contribution in [2.45, 2.75) is 13.5 Å². The summed E-state index contributed by atoms with van der Waals surface area (Å²) in [7, 11) is 1.71. The molecule has 4 rings (SSSR count). The number of fused-ring (bicyclic) bond motifs is 1. The number of nitrogens with one attached hydrogen (secondary N) is 1. The van der Waals surface area contributed by atoms with Gasteiger partial charge in [0.15, 0.2) is 0 Å². The maximum absolute atomic E-state index is 13.1. The molecule has 2 N–H and O–H groups in total. The highest BCUT2D eigenvalue weighted by atomic mass is 35.5. The Bertz CT molecular complexity index is 1250. The molecule has 0 aliphatic rings. The number of ether oxygens (including phenoxy) is 1. The van der Waals surface area contributed by atoms with E-state index in [1.165, 1.54) is 0 Å². The van der Waals surface area contributed by atoms with E-state index in [0.29, 0.717) is 29.5 Å². The van der Waals surface area contributed by atoms with E-state index < -0.39 is 0 Å². The molecule has 0 unspecified atom stereocenters. The number of rotatable bonds is 6. The predicted octanol–water partition coefficient (Wildman–Crippen LogP) is 4.08. The first-order valence-electron chi connectivity index (χ1n) is 9.81. The van der Waals surface area contributed by atoms with Gasteiger partial charge in [0.25, 0.3) is 5.91 Å². The molecule has 2 heterocycles. The average Bonchev–Trinajstić information content (AvgIpc) is 3.22. The second-order valence-corrected chi connectivity index (χ2v) is 7.62. The van der Waals surface area contributed by atoms with E-state index in [1.807, 2.05) is 37.3 Å². The first-order valence-corrected chi connectivity index (χ1v) is 10.2. The van der Waals surface area contributed by atoms with Gasteiger partial charge in [-0.3, -0.25) is 15.1 Å². The predicted molar refractivity (Wildman–Crippen MR) is 117 cm³/mol. The van der Waals surface area contributed by atoms with Crippen LogP contribution in [-0.4, -0.2) is 39.9 Å². The number of H-pyrrole nitrogens is 1. The van der Waals surface area contributed by atoms with Crippen LogP contribution in [0.1, 0.15) is 22.8 Å². The van der Waals surface area contributed by atoms with Gasteiger partial charge in [-0.15, -0.1) is 0 Å². The number of hydrogen-bond acceptors (Lipinski definition) is 4.